The van der Waals surface area contributed by atoms with Crippen molar-refractivity contribution in [2.75, 3.05) is 13.2 Å². The molecule has 1 aromatic carbocycles. The Morgan fingerprint density at radius 1 is 1.32 bits per heavy atom. The molecule has 0 heterocycles. The van der Waals surface area contributed by atoms with Crippen molar-refractivity contribution in [3.8, 4) is 5.75 Å². The maximum absolute atomic E-state index is 12.0. The Balaban J connectivity index is 1.79. The van der Waals surface area contributed by atoms with Gasteiger partial charge < -0.3 is 15.4 Å². The van der Waals surface area contributed by atoms with Crippen molar-refractivity contribution in [2.45, 2.75) is 44.7 Å². The lowest BCUT2D eigenvalue weighted by Crippen LogP contribution is -2.82. The third-order valence-electron chi connectivity index (χ3n) is 4.00. The number of quaternary nitrogens is 1. The summed E-state index contributed by atoms with van der Waals surface area (Å²) in [4.78, 5) is 12.0. The first-order valence-corrected chi connectivity index (χ1v) is 8.22. The summed E-state index contributed by atoms with van der Waals surface area (Å²) < 4.78 is 5.71. The minimum atomic E-state index is -0.0169. The topological polar surface area (TPSA) is 54.9 Å². The van der Waals surface area contributed by atoms with E-state index in [1.54, 1.807) is 0 Å². The van der Waals surface area contributed by atoms with Gasteiger partial charge >= 0.3 is 0 Å². The van der Waals surface area contributed by atoms with E-state index in [2.05, 4.69) is 17.2 Å². The van der Waals surface area contributed by atoms with Crippen LogP contribution >= 0.6 is 0 Å². The summed E-state index contributed by atoms with van der Waals surface area (Å²) in [7, 11) is 0. The van der Waals surface area contributed by atoms with Crippen molar-refractivity contribution in [1.82, 2.24) is 5.32 Å². The lowest BCUT2D eigenvalue weighted by molar-refractivity contribution is -0.662. The predicted molar refractivity (Wildman–Crippen MR) is 87.6 cm³/mol. The maximum atomic E-state index is 12.0. The second kappa shape index (κ2) is 9.26. The van der Waals surface area contributed by atoms with Crippen molar-refractivity contribution >= 4 is 5.91 Å². The molecule has 1 amide bonds. The van der Waals surface area contributed by atoms with Crippen LogP contribution in [0.1, 0.15) is 37.7 Å². The van der Waals surface area contributed by atoms with E-state index in [0.717, 1.165) is 37.2 Å². The minimum absolute atomic E-state index is 0.0169. The highest BCUT2D eigenvalue weighted by Crippen LogP contribution is 2.18. The van der Waals surface area contributed by atoms with Crippen molar-refractivity contribution in [3.05, 3.63) is 42.5 Å². The van der Waals surface area contributed by atoms with Gasteiger partial charge in [-0.05, 0) is 31.1 Å². The summed E-state index contributed by atoms with van der Waals surface area (Å²) in [5, 5.41) is 5.23. The Morgan fingerprint density at radius 2 is 2.09 bits per heavy atom. The molecule has 0 saturated heterocycles. The molecule has 0 atom stereocenters. The molecule has 4 nitrogen and oxygen atoms in total. The van der Waals surface area contributed by atoms with Crippen LogP contribution in [-0.2, 0) is 11.3 Å². The number of benzene rings is 1. The number of nitrogens with one attached hydrogen (secondary N) is 1. The molecule has 0 aliphatic heterocycles. The SMILES string of the molecule is C=CC[NH2+]Cc1ccccc1OCC(=O)NC1CCCCC1. The van der Waals surface area contributed by atoms with Crippen molar-refractivity contribution in [1.29, 1.82) is 0 Å². The summed E-state index contributed by atoms with van der Waals surface area (Å²) in [6, 6.07) is 8.22. The molecule has 1 saturated carbocycles. The molecule has 1 fully saturated rings. The lowest BCUT2D eigenvalue weighted by Gasteiger charge is -2.22. The van der Waals surface area contributed by atoms with Crippen LogP contribution in [0.2, 0.25) is 0 Å². The molecule has 0 unspecified atom stereocenters. The second-order valence-electron chi connectivity index (χ2n) is 5.82. The number of para-hydroxylation sites is 1. The molecule has 0 bridgehead atoms. The van der Waals surface area contributed by atoms with Gasteiger partial charge in [0.05, 0.1) is 6.54 Å². The van der Waals surface area contributed by atoms with Crippen molar-refractivity contribution in [2.24, 2.45) is 0 Å². The molecular formula is C18H27N2O2+. The number of carbonyl (C=O) groups excluding carboxylic acids is 1. The van der Waals surface area contributed by atoms with Crippen LogP contribution in [0.5, 0.6) is 5.75 Å². The van der Waals surface area contributed by atoms with Crippen molar-refractivity contribution < 1.29 is 14.8 Å². The molecule has 4 heteroatoms. The zero-order valence-electron chi connectivity index (χ0n) is 13.2. The van der Waals surface area contributed by atoms with Gasteiger partial charge in [-0.2, -0.15) is 0 Å². The highest BCUT2D eigenvalue weighted by atomic mass is 16.5. The number of hydrogen-bond acceptors (Lipinski definition) is 2. The zero-order chi connectivity index (χ0) is 15.6. The molecule has 0 spiro atoms. The van der Waals surface area contributed by atoms with Crippen LogP contribution in [0.25, 0.3) is 0 Å². The van der Waals surface area contributed by atoms with Gasteiger partial charge in [0.1, 0.15) is 12.3 Å². The molecule has 2 rings (SSSR count). The summed E-state index contributed by atoms with van der Waals surface area (Å²) in [5.74, 6) is 0.776. The van der Waals surface area contributed by atoms with Crippen LogP contribution in [0.15, 0.2) is 36.9 Å². The fourth-order valence-corrected chi connectivity index (χ4v) is 2.83. The van der Waals surface area contributed by atoms with Gasteiger partial charge in [-0.15, -0.1) is 0 Å². The third kappa shape index (κ3) is 5.53. The molecule has 1 aliphatic carbocycles. The highest BCUT2D eigenvalue weighted by Gasteiger charge is 2.16. The first-order valence-electron chi connectivity index (χ1n) is 8.22. The number of ether oxygens (including phenoxy) is 1. The van der Waals surface area contributed by atoms with Crippen molar-refractivity contribution in [3.63, 3.8) is 0 Å². The molecule has 1 aromatic rings. The van der Waals surface area contributed by atoms with E-state index in [1.807, 2.05) is 30.3 Å². The van der Waals surface area contributed by atoms with Crippen LogP contribution in [0.3, 0.4) is 0 Å². The Labute approximate surface area is 132 Å². The summed E-state index contributed by atoms with van der Waals surface area (Å²) >= 11 is 0. The van der Waals surface area contributed by atoms with Gasteiger partial charge in [-0.1, -0.05) is 38.0 Å². The lowest BCUT2D eigenvalue weighted by atomic mass is 9.95. The van der Waals surface area contributed by atoms with Gasteiger partial charge in [0.15, 0.2) is 6.61 Å². The Hall–Kier alpha value is -1.81. The third-order valence-corrected chi connectivity index (χ3v) is 4.00. The molecule has 22 heavy (non-hydrogen) atoms. The summed E-state index contributed by atoms with van der Waals surface area (Å²) in [6.45, 7) is 5.50. The first-order chi connectivity index (χ1) is 10.8. The van der Waals surface area contributed by atoms with Crippen LogP contribution in [0.4, 0.5) is 0 Å². The predicted octanol–water partition coefficient (Wildman–Crippen LogP) is 1.76. The monoisotopic (exact) mass is 303 g/mol. The van der Waals surface area contributed by atoms with Gasteiger partial charge in [0.25, 0.3) is 5.91 Å². The van der Waals surface area contributed by atoms with Gasteiger partial charge in [-0.3, -0.25) is 4.79 Å². The first kappa shape index (κ1) is 16.6. The van der Waals surface area contributed by atoms with E-state index in [1.165, 1.54) is 19.3 Å². The van der Waals surface area contributed by atoms with E-state index in [9.17, 15) is 4.79 Å². The number of carbonyl (C=O) groups is 1. The fraction of sp³-hybridized carbons (Fsp3) is 0.500. The number of hydrogen-bond donors (Lipinski definition) is 2. The minimum Gasteiger partial charge on any atom is -0.483 e. The van der Waals surface area contributed by atoms with E-state index in [0.29, 0.717) is 6.04 Å². The van der Waals surface area contributed by atoms with Gasteiger partial charge in [-0.25, -0.2) is 0 Å². The quantitative estimate of drug-likeness (QED) is 0.568. The zero-order valence-corrected chi connectivity index (χ0v) is 13.2. The number of rotatable bonds is 8. The number of nitrogens with two attached hydrogens (primary N) is 1. The molecule has 0 radical (unpaired) electrons. The van der Waals surface area contributed by atoms with E-state index < -0.39 is 0 Å². The highest BCUT2D eigenvalue weighted by molar-refractivity contribution is 5.77. The molecule has 0 aromatic heterocycles. The van der Waals surface area contributed by atoms with E-state index >= 15 is 0 Å². The fourth-order valence-electron chi connectivity index (χ4n) is 2.83. The second-order valence-corrected chi connectivity index (χ2v) is 5.82. The molecule has 120 valence electrons. The van der Waals surface area contributed by atoms with E-state index in [-0.39, 0.29) is 12.5 Å². The van der Waals surface area contributed by atoms with Gasteiger partial charge in [0, 0.05) is 11.6 Å². The Bertz CT molecular complexity index is 482. The van der Waals surface area contributed by atoms with Gasteiger partial charge in [0.2, 0.25) is 0 Å². The summed E-state index contributed by atoms with van der Waals surface area (Å²) in [5.41, 5.74) is 1.11. The average Bonchev–Trinajstić information content (AvgIpc) is 2.55. The molecule has 3 N–H and O–H groups in total. The van der Waals surface area contributed by atoms with E-state index in [4.69, 9.17) is 4.74 Å². The molecule has 1 aliphatic rings. The summed E-state index contributed by atoms with van der Waals surface area (Å²) in [6.07, 6.45) is 7.79. The Morgan fingerprint density at radius 3 is 2.86 bits per heavy atom. The maximum Gasteiger partial charge on any atom is 0.258 e. The largest absolute Gasteiger partial charge is 0.483 e. The average molecular weight is 303 g/mol. The normalized spacial score (nSPS) is 15.3. The van der Waals surface area contributed by atoms with Crippen LogP contribution in [0, 0.1) is 0 Å². The molecular weight excluding hydrogens is 276 g/mol. The van der Waals surface area contributed by atoms with Crippen LogP contribution in [-0.4, -0.2) is 25.1 Å². The van der Waals surface area contributed by atoms with Crippen LogP contribution < -0.4 is 15.4 Å². The smallest absolute Gasteiger partial charge is 0.258 e. The Kier molecular flexibility index (Phi) is 6.97. The standard InChI is InChI=1S/C18H26N2O2/c1-2-12-19-13-15-8-6-7-11-17(15)22-14-18(21)20-16-9-4-3-5-10-16/h2,6-8,11,16,19H,1,3-5,9-10,12-14H2,(H,20,21)/p+1. The number of amides is 1.